The zero-order valence-electron chi connectivity index (χ0n) is 12.4. The van der Waals surface area contributed by atoms with Gasteiger partial charge in [-0.2, -0.15) is 0 Å². The van der Waals surface area contributed by atoms with Crippen molar-refractivity contribution in [1.82, 2.24) is 5.32 Å². The van der Waals surface area contributed by atoms with Crippen LogP contribution in [-0.4, -0.2) is 18.1 Å². The summed E-state index contributed by atoms with van der Waals surface area (Å²) >= 11 is 0. The molecule has 1 heterocycles. The van der Waals surface area contributed by atoms with Gasteiger partial charge in [-0.15, -0.1) is 0 Å². The molecule has 2 nitrogen and oxygen atoms in total. The minimum atomic E-state index is 0.280. The van der Waals surface area contributed by atoms with E-state index < -0.39 is 0 Å². The third kappa shape index (κ3) is 2.38. The van der Waals surface area contributed by atoms with Crippen molar-refractivity contribution in [2.24, 2.45) is 5.92 Å². The molecule has 0 saturated heterocycles. The monoisotopic (exact) mass is 258 g/mol. The fourth-order valence-corrected chi connectivity index (χ4v) is 3.34. The summed E-state index contributed by atoms with van der Waals surface area (Å²) in [6.45, 7) is 9.22. The van der Waals surface area contributed by atoms with Crippen molar-refractivity contribution in [3.8, 4) is 0 Å². The Morgan fingerprint density at radius 2 is 2.11 bits per heavy atom. The Morgan fingerprint density at radius 3 is 2.79 bits per heavy atom. The standard InChI is InChI=1S/C17H26N2/c1-4-13(2)19-12-17(3,15-9-10-15)18-11-14-7-5-6-8-16(14)19/h5-8,13,15,18H,4,9-12H2,1-3H3. The number of fused-ring (bicyclic) bond motifs is 1. The van der Waals surface area contributed by atoms with Crippen LogP contribution >= 0.6 is 0 Å². The van der Waals surface area contributed by atoms with Crippen molar-refractivity contribution < 1.29 is 0 Å². The molecule has 2 aliphatic rings. The first-order chi connectivity index (χ1) is 9.14. The maximum atomic E-state index is 3.84. The highest BCUT2D eigenvalue weighted by Crippen LogP contribution is 2.42. The highest BCUT2D eigenvalue weighted by atomic mass is 15.2. The van der Waals surface area contributed by atoms with Gasteiger partial charge in [-0.1, -0.05) is 25.1 Å². The molecule has 1 N–H and O–H groups in total. The minimum absolute atomic E-state index is 0.280. The SMILES string of the molecule is CCC(C)N1CC(C)(C2CC2)NCc2ccccc21. The third-order valence-corrected chi connectivity index (χ3v) is 5.08. The molecular formula is C17H26N2. The topological polar surface area (TPSA) is 15.3 Å². The summed E-state index contributed by atoms with van der Waals surface area (Å²) in [6, 6.07) is 9.51. The molecule has 2 unspecified atom stereocenters. The molecule has 1 aliphatic heterocycles. The van der Waals surface area contributed by atoms with Gasteiger partial charge in [-0.05, 0) is 50.7 Å². The van der Waals surface area contributed by atoms with E-state index in [1.807, 2.05) is 0 Å². The normalized spacial score (nSPS) is 28.7. The summed E-state index contributed by atoms with van der Waals surface area (Å²) in [4.78, 5) is 2.63. The highest BCUT2D eigenvalue weighted by Gasteiger charge is 2.44. The van der Waals surface area contributed by atoms with E-state index in [9.17, 15) is 0 Å². The number of nitrogens with zero attached hydrogens (tertiary/aromatic N) is 1. The molecule has 1 fully saturated rings. The van der Waals surface area contributed by atoms with Gasteiger partial charge in [0.05, 0.1) is 0 Å². The first-order valence-electron chi connectivity index (χ1n) is 7.73. The smallest absolute Gasteiger partial charge is 0.0414 e. The fraction of sp³-hybridized carbons (Fsp3) is 0.647. The lowest BCUT2D eigenvalue weighted by Crippen LogP contribution is -2.52. The molecule has 0 spiro atoms. The zero-order chi connectivity index (χ0) is 13.5. The Kier molecular flexibility index (Phi) is 3.30. The maximum Gasteiger partial charge on any atom is 0.0414 e. The second kappa shape index (κ2) is 4.82. The number of anilines is 1. The summed E-state index contributed by atoms with van der Waals surface area (Å²) < 4.78 is 0. The van der Waals surface area contributed by atoms with E-state index in [0.717, 1.165) is 19.0 Å². The van der Waals surface area contributed by atoms with Crippen molar-refractivity contribution in [2.75, 3.05) is 11.4 Å². The number of hydrogen-bond donors (Lipinski definition) is 1. The highest BCUT2D eigenvalue weighted by molar-refractivity contribution is 5.56. The van der Waals surface area contributed by atoms with Crippen molar-refractivity contribution >= 4 is 5.69 Å². The molecule has 0 bridgehead atoms. The van der Waals surface area contributed by atoms with E-state index >= 15 is 0 Å². The number of para-hydroxylation sites is 1. The van der Waals surface area contributed by atoms with Gasteiger partial charge < -0.3 is 10.2 Å². The lowest BCUT2D eigenvalue weighted by Gasteiger charge is -2.38. The van der Waals surface area contributed by atoms with Gasteiger partial charge in [0.1, 0.15) is 0 Å². The van der Waals surface area contributed by atoms with Crippen molar-refractivity contribution in [2.45, 2.75) is 58.2 Å². The van der Waals surface area contributed by atoms with E-state index in [0.29, 0.717) is 6.04 Å². The van der Waals surface area contributed by atoms with Gasteiger partial charge in [-0.3, -0.25) is 0 Å². The van der Waals surface area contributed by atoms with Crippen molar-refractivity contribution in [3.63, 3.8) is 0 Å². The Balaban J connectivity index is 1.96. The van der Waals surface area contributed by atoms with Crippen LogP contribution in [0, 0.1) is 5.92 Å². The number of benzene rings is 1. The Bertz CT molecular complexity index is 452. The molecule has 104 valence electrons. The van der Waals surface area contributed by atoms with Gasteiger partial charge in [0.25, 0.3) is 0 Å². The molecule has 2 heteroatoms. The average molecular weight is 258 g/mol. The van der Waals surface area contributed by atoms with Gasteiger partial charge in [-0.25, -0.2) is 0 Å². The molecule has 1 aromatic carbocycles. The molecule has 19 heavy (non-hydrogen) atoms. The minimum Gasteiger partial charge on any atom is -0.367 e. The number of rotatable bonds is 3. The van der Waals surface area contributed by atoms with Crippen LogP contribution in [0.2, 0.25) is 0 Å². The lowest BCUT2D eigenvalue weighted by atomic mass is 9.94. The average Bonchev–Trinajstić information content (AvgIpc) is 3.26. The Labute approximate surface area is 117 Å². The second-order valence-corrected chi connectivity index (χ2v) is 6.56. The van der Waals surface area contributed by atoms with E-state index in [1.54, 1.807) is 0 Å². The van der Waals surface area contributed by atoms with Gasteiger partial charge in [0.2, 0.25) is 0 Å². The number of nitrogens with one attached hydrogen (secondary N) is 1. The maximum absolute atomic E-state index is 3.84. The van der Waals surface area contributed by atoms with E-state index in [-0.39, 0.29) is 5.54 Å². The molecule has 1 aromatic rings. The molecule has 1 aliphatic carbocycles. The van der Waals surface area contributed by atoms with Gasteiger partial charge in [0, 0.05) is 30.4 Å². The summed E-state index contributed by atoms with van der Waals surface area (Å²) in [6.07, 6.45) is 4.00. The summed E-state index contributed by atoms with van der Waals surface area (Å²) in [5.74, 6) is 0.869. The zero-order valence-corrected chi connectivity index (χ0v) is 12.4. The lowest BCUT2D eigenvalue weighted by molar-refractivity contribution is 0.310. The van der Waals surface area contributed by atoms with Crippen LogP contribution in [0.5, 0.6) is 0 Å². The molecule has 0 radical (unpaired) electrons. The molecule has 0 aromatic heterocycles. The van der Waals surface area contributed by atoms with Crippen LogP contribution in [0.4, 0.5) is 5.69 Å². The van der Waals surface area contributed by atoms with E-state index in [2.05, 4.69) is 55.3 Å². The molecule has 0 amide bonds. The molecule has 3 rings (SSSR count). The van der Waals surface area contributed by atoms with E-state index in [1.165, 1.54) is 30.5 Å². The second-order valence-electron chi connectivity index (χ2n) is 6.56. The fourth-order valence-electron chi connectivity index (χ4n) is 3.34. The molecule has 1 saturated carbocycles. The van der Waals surface area contributed by atoms with Crippen LogP contribution in [0.15, 0.2) is 24.3 Å². The largest absolute Gasteiger partial charge is 0.367 e. The predicted molar refractivity (Wildman–Crippen MR) is 81.5 cm³/mol. The summed E-state index contributed by atoms with van der Waals surface area (Å²) in [7, 11) is 0. The van der Waals surface area contributed by atoms with Crippen LogP contribution in [-0.2, 0) is 6.54 Å². The third-order valence-electron chi connectivity index (χ3n) is 5.08. The summed E-state index contributed by atoms with van der Waals surface area (Å²) in [5, 5.41) is 3.84. The van der Waals surface area contributed by atoms with Gasteiger partial charge in [0.15, 0.2) is 0 Å². The predicted octanol–water partition coefficient (Wildman–Crippen LogP) is 3.56. The van der Waals surface area contributed by atoms with Crippen LogP contribution in [0.25, 0.3) is 0 Å². The Morgan fingerprint density at radius 1 is 1.37 bits per heavy atom. The van der Waals surface area contributed by atoms with Crippen LogP contribution < -0.4 is 10.2 Å². The first kappa shape index (κ1) is 13.0. The van der Waals surface area contributed by atoms with Gasteiger partial charge >= 0.3 is 0 Å². The van der Waals surface area contributed by atoms with Crippen LogP contribution in [0.3, 0.4) is 0 Å². The molecule has 2 atom stereocenters. The van der Waals surface area contributed by atoms with Crippen molar-refractivity contribution in [3.05, 3.63) is 29.8 Å². The van der Waals surface area contributed by atoms with E-state index in [4.69, 9.17) is 0 Å². The first-order valence-corrected chi connectivity index (χ1v) is 7.73. The number of hydrogen-bond acceptors (Lipinski definition) is 2. The molecular weight excluding hydrogens is 232 g/mol. The summed E-state index contributed by atoms with van der Waals surface area (Å²) in [5.41, 5.74) is 3.17. The Hall–Kier alpha value is -1.02. The van der Waals surface area contributed by atoms with Crippen LogP contribution in [0.1, 0.15) is 45.6 Å². The van der Waals surface area contributed by atoms with Crippen molar-refractivity contribution in [1.29, 1.82) is 0 Å². The quantitative estimate of drug-likeness (QED) is 0.891.